The van der Waals surface area contributed by atoms with Gasteiger partial charge in [0.05, 0.1) is 45.9 Å². The number of imidazole rings is 2. The van der Waals surface area contributed by atoms with Crippen LogP contribution in [-0.4, -0.2) is 169 Å². The molecule has 0 bridgehead atoms. The highest BCUT2D eigenvalue weighted by Crippen LogP contribution is 2.62. The molecule has 0 aromatic carbocycles. The van der Waals surface area contributed by atoms with E-state index in [1.165, 1.54) is 32.0 Å². The summed E-state index contributed by atoms with van der Waals surface area (Å²) in [5, 5.41) is 45.6. The molecule has 0 aliphatic carbocycles. The molecular formula is C33H50N13O24P4+. The number of ether oxygens (including phenoxy) is 5. The maximum Gasteiger partial charge on any atom is 0.480 e. The van der Waals surface area contributed by atoms with Crippen LogP contribution in [0.3, 0.4) is 0 Å². The molecular weight excluding hydrogens is 1090 g/mol. The zero-order chi connectivity index (χ0) is 53.8. The van der Waals surface area contributed by atoms with Crippen LogP contribution >= 0.6 is 31.1 Å². The monoisotopic (exact) mass is 1140 g/mol. The van der Waals surface area contributed by atoms with Gasteiger partial charge in [-0.2, -0.15) is 13.9 Å². The summed E-state index contributed by atoms with van der Waals surface area (Å²) < 4.78 is 111. The number of nitrogen functional groups attached to an aromatic ring is 1. The lowest BCUT2D eigenvalue weighted by Crippen LogP contribution is -2.43. The number of aliphatic imine (C=N–C) groups is 1. The van der Waals surface area contributed by atoms with Gasteiger partial charge >= 0.3 is 36.8 Å². The fourth-order valence-electron chi connectivity index (χ4n) is 8.44. The summed E-state index contributed by atoms with van der Waals surface area (Å²) in [5.74, 6) is -1.15. The van der Waals surface area contributed by atoms with E-state index in [9.17, 15) is 67.8 Å². The topological polar surface area (TPSA) is 518 Å². The number of methoxy groups -OCH3 is 2. The molecule has 8 rings (SSSR count). The van der Waals surface area contributed by atoms with Gasteiger partial charge in [-0.05, 0) is 0 Å². The lowest BCUT2D eigenvalue weighted by Gasteiger charge is -2.26. The maximum absolute atomic E-state index is 13.6. The summed E-state index contributed by atoms with van der Waals surface area (Å²) in [6.07, 6.45) is -14.2. The molecule has 4 aromatic heterocycles. The van der Waals surface area contributed by atoms with Crippen LogP contribution in [0, 0.1) is 5.92 Å². The summed E-state index contributed by atoms with van der Waals surface area (Å²) in [5.41, 5.74) is 10.2. The van der Waals surface area contributed by atoms with E-state index in [4.69, 9.17) is 53.2 Å². The first-order valence-electron chi connectivity index (χ1n) is 21.3. The number of aliphatic hydroxyl groups is 4. The highest BCUT2D eigenvalue weighted by Gasteiger charge is 2.54. The van der Waals surface area contributed by atoms with Crippen LogP contribution in [0.4, 0.5) is 11.6 Å². The molecule has 4 aromatic rings. The zero-order valence-corrected chi connectivity index (χ0v) is 41.9. The van der Waals surface area contributed by atoms with Crippen LogP contribution in [0.15, 0.2) is 45.8 Å². The highest BCUT2D eigenvalue weighted by atomic mass is 31.3. The predicted octanol–water partition coefficient (Wildman–Crippen LogP) is -4.68. The van der Waals surface area contributed by atoms with Crippen molar-refractivity contribution in [3.05, 3.63) is 57.8 Å². The molecule has 3 saturated heterocycles. The van der Waals surface area contributed by atoms with E-state index in [1.54, 1.807) is 7.05 Å². The van der Waals surface area contributed by atoms with Gasteiger partial charge in [0, 0.05) is 32.4 Å². The molecule has 4 aliphatic heterocycles. The van der Waals surface area contributed by atoms with E-state index in [0.29, 0.717) is 0 Å². The van der Waals surface area contributed by atoms with Gasteiger partial charge in [-0.3, -0.25) is 37.0 Å². The van der Waals surface area contributed by atoms with Crippen molar-refractivity contribution in [1.29, 1.82) is 0 Å². The number of hydrogen-bond donors (Lipinski definition) is 13. The van der Waals surface area contributed by atoms with Crippen molar-refractivity contribution >= 4 is 59.9 Å². The third-order valence-corrected chi connectivity index (χ3v) is 17.4. The van der Waals surface area contributed by atoms with Crippen LogP contribution in [-0.2, 0) is 71.4 Å². The number of phosphoric acid groups is 2. The second-order valence-corrected chi connectivity index (χ2v) is 23.0. The number of rotatable bonds is 21. The average Bonchev–Trinajstić information content (AvgIpc) is 4.10. The van der Waals surface area contributed by atoms with Gasteiger partial charge in [-0.1, -0.05) is 0 Å². The zero-order valence-electron chi connectivity index (χ0n) is 38.4. The molecule has 8 heterocycles. The number of aromatic amines is 1. The van der Waals surface area contributed by atoms with Crippen LogP contribution < -0.4 is 37.5 Å². The molecule has 0 spiro atoms. The molecule has 0 saturated carbocycles. The summed E-state index contributed by atoms with van der Waals surface area (Å²) in [6.45, 7) is -3.33. The number of phosphoric ester groups is 2. The second kappa shape index (κ2) is 21.6. The van der Waals surface area contributed by atoms with Gasteiger partial charge in [0.25, 0.3) is 11.4 Å². The first kappa shape index (κ1) is 55.9. The minimum absolute atomic E-state index is 0.0241. The number of H-pyrrole nitrogens is 1. The van der Waals surface area contributed by atoms with Gasteiger partial charge in [-0.15, -0.1) is 4.86 Å². The number of guanidine groups is 1. The standard InChI is InChI=1S/C33H49N13O24P4/c1-43-12-46(27-19(43)28(51)41-32(35)40-27)29-20(48)13(6-61-2)14(66-29)7-65-74(59,60)70-72(55,56)42-71(53,54)63-9-16-23(24(62-3)31(68-16)45-11-38-18-25(34)36-10-37-26(18)45)69-73(57,58)64-8-15-21(49)22(50)30(67-15)44-5-4-17(47)39-33(44)52/h4-5,10-16,20-24,28-31,48-51H,6-9H2,1-3H3,(H10-,34,35,36,37,39,40,41,42,47,52,53,54,55,56,57,58,59,60)/p+1/t13-,14-,15-,16-,20-,21-,22-,23-,24-,28?,29-,30-,31-/m1/s1. The lowest BCUT2D eigenvalue weighted by molar-refractivity contribution is -0.682. The molecule has 74 heavy (non-hydrogen) atoms. The Labute approximate surface area is 413 Å². The molecule has 41 heteroatoms. The van der Waals surface area contributed by atoms with E-state index in [-0.39, 0.29) is 41.1 Å². The number of aryl methyl sites for hydroxylation is 1. The quantitative estimate of drug-likeness (QED) is 0.0275. The highest BCUT2D eigenvalue weighted by molar-refractivity contribution is 7.71. The summed E-state index contributed by atoms with van der Waals surface area (Å²) in [4.78, 5) is 86.1. The van der Waals surface area contributed by atoms with Crippen molar-refractivity contribution in [2.24, 2.45) is 23.7 Å². The van der Waals surface area contributed by atoms with E-state index in [1.807, 2.05) is 4.98 Å². The smallest absolute Gasteiger partial charge is 0.387 e. The van der Waals surface area contributed by atoms with E-state index < -0.39 is 142 Å². The summed E-state index contributed by atoms with van der Waals surface area (Å²) in [6, 6.07) is 0.931. The lowest BCUT2D eigenvalue weighted by atomic mass is 9.99. The summed E-state index contributed by atoms with van der Waals surface area (Å²) >= 11 is 0. The second-order valence-electron chi connectivity index (χ2n) is 16.6. The molecule has 15 N–H and O–H groups in total. The van der Waals surface area contributed by atoms with Crippen molar-refractivity contribution < 1.29 is 109 Å². The maximum atomic E-state index is 13.6. The Balaban J connectivity index is 0.935. The first-order valence-corrected chi connectivity index (χ1v) is 27.5. The predicted molar refractivity (Wildman–Crippen MR) is 238 cm³/mol. The van der Waals surface area contributed by atoms with Crippen LogP contribution in [0.5, 0.6) is 0 Å². The number of nitrogens with two attached hydrogens (primary N) is 2. The number of aliphatic hydroxyl groups excluding tert-OH is 4. The molecule has 4 aliphatic rings. The van der Waals surface area contributed by atoms with Crippen molar-refractivity contribution in [2.75, 3.05) is 46.4 Å². The molecule has 3 fully saturated rings. The third kappa shape index (κ3) is 11.8. The molecule has 37 nitrogen and oxygen atoms in total. The van der Waals surface area contributed by atoms with E-state index in [0.717, 1.165) is 36.6 Å². The average molecular weight is 1140 g/mol. The minimum atomic E-state index is -5.92. The number of nitrogens with one attached hydrogen (secondary N) is 3. The number of aromatic nitrogens is 8. The fraction of sp³-hybridized carbons (Fsp3) is 0.606. The number of anilines is 1. The normalized spacial score (nSPS) is 32.3. The molecule has 410 valence electrons. The van der Waals surface area contributed by atoms with Gasteiger partial charge in [0.15, 0.2) is 36.1 Å². The Kier molecular flexibility index (Phi) is 16.3. The molecule has 0 amide bonds. The van der Waals surface area contributed by atoms with Crippen LogP contribution in [0.25, 0.3) is 11.2 Å². The number of hydrogen-bond acceptors (Lipinski definition) is 27. The van der Waals surface area contributed by atoms with Gasteiger partial charge < -0.3 is 80.5 Å². The van der Waals surface area contributed by atoms with E-state index >= 15 is 0 Å². The Bertz CT molecular complexity index is 3070. The SMILES string of the molecule is COC[C@H]1[C@@H](O)[C@H](n2c[n+](C)c3c2N=C(N)NC3O)O[C@@H]1COP(=O)(O)OP(=O)(O)NP(=O)(O)OC[C@H]1O[C@@H](n2cnc3c(N)ncnc32)[C@H](OC)[C@@H]1OP(=O)(O)OC[C@H]1O[C@@H](n2ccc(=O)[nH]c2=O)[C@H](O)[C@@H]1O. The molecule has 17 atom stereocenters. The van der Waals surface area contributed by atoms with Gasteiger partial charge in [0.2, 0.25) is 18.2 Å². The van der Waals surface area contributed by atoms with E-state index in [2.05, 4.69) is 29.6 Å². The summed E-state index contributed by atoms with van der Waals surface area (Å²) in [7, 11) is -18.8. The Morgan fingerprint density at radius 1 is 0.784 bits per heavy atom. The van der Waals surface area contributed by atoms with Crippen LogP contribution in [0.1, 0.15) is 30.6 Å². The largest absolute Gasteiger partial charge is 0.480 e. The van der Waals surface area contributed by atoms with Crippen molar-refractivity contribution in [2.45, 2.75) is 73.7 Å². The van der Waals surface area contributed by atoms with Gasteiger partial charge in [0.1, 0.15) is 54.6 Å². The van der Waals surface area contributed by atoms with Crippen LogP contribution in [0.2, 0.25) is 0 Å². The van der Waals surface area contributed by atoms with Crippen molar-refractivity contribution in [3.63, 3.8) is 0 Å². The first-order chi connectivity index (χ1) is 34.7. The van der Waals surface area contributed by atoms with Crippen molar-refractivity contribution in [1.82, 2.24) is 43.8 Å². The third-order valence-electron chi connectivity index (χ3n) is 11.7. The Morgan fingerprint density at radius 3 is 2.15 bits per heavy atom. The Hall–Kier alpha value is -4.33. The van der Waals surface area contributed by atoms with Gasteiger partial charge in [-0.25, -0.2) is 42.6 Å². The number of nitrogens with zero attached hydrogens (tertiary/aromatic N) is 8. The Morgan fingerprint density at radius 2 is 1.45 bits per heavy atom. The van der Waals surface area contributed by atoms with Crippen molar-refractivity contribution in [3.8, 4) is 0 Å². The molecule has 0 radical (unpaired) electrons. The minimum Gasteiger partial charge on any atom is -0.387 e. The number of fused-ring (bicyclic) bond motifs is 2. The fourth-order valence-corrected chi connectivity index (χ4v) is 13.4. The molecule has 5 unspecified atom stereocenters.